The van der Waals surface area contributed by atoms with Crippen molar-refractivity contribution >= 4 is 85.0 Å². The number of furan rings is 1. The minimum absolute atomic E-state index is 0.0470. The van der Waals surface area contributed by atoms with Gasteiger partial charge in [0.05, 0.1) is 0 Å². The molecule has 0 saturated heterocycles. The summed E-state index contributed by atoms with van der Waals surface area (Å²) in [7, 11) is 0. The summed E-state index contributed by atoms with van der Waals surface area (Å²) in [4.78, 5) is 16.1. The Hall–Kier alpha value is -7.77. The maximum absolute atomic E-state index is 6.61. The first kappa shape index (κ1) is 37.6. The zero-order valence-corrected chi connectivity index (χ0v) is 37.6. The fourth-order valence-electron chi connectivity index (χ4n) is 10.6. The van der Waals surface area contributed by atoms with E-state index in [9.17, 15) is 0 Å². The van der Waals surface area contributed by atoms with Crippen molar-refractivity contribution in [3.8, 4) is 67.5 Å². The average Bonchev–Trinajstić information content (AvgIpc) is 4.11. The summed E-state index contributed by atoms with van der Waals surface area (Å²) in [6.45, 7) is 4.67. The minimum Gasteiger partial charge on any atom is -0.456 e. The second kappa shape index (κ2) is 14.1. The lowest BCUT2D eigenvalue weighted by atomic mass is 9.82. The predicted octanol–water partition coefficient (Wildman–Crippen LogP) is 17.1. The van der Waals surface area contributed by atoms with Crippen LogP contribution in [0, 0.1) is 0 Å². The largest absolute Gasteiger partial charge is 0.456 e. The van der Waals surface area contributed by atoms with E-state index >= 15 is 0 Å². The summed E-state index contributed by atoms with van der Waals surface area (Å²) in [5, 5.41) is 6.80. The van der Waals surface area contributed by atoms with Crippen molar-refractivity contribution < 1.29 is 4.42 Å². The van der Waals surface area contributed by atoms with Gasteiger partial charge in [0.2, 0.25) is 0 Å². The molecular formula is C60H37N3OS2. The van der Waals surface area contributed by atoms with Crippen LogP contribution in [0.15, 0.2) is 192 Å². The topological polar surface area (TPSA) is 51.8 Å². The SMILES string of the molecule is CC1(C)c2ccccc2-c2c(-c3ccc(-c4ccc5oc6cccc(-c7nc(-c8ccc9sc%10ccccc%10c9c8)nc(-c8cccc9sc%10ccccc%10c89)n7)c6c5c4)cc3)cccc21. The van der Waals surface area contributed by atoms with E-state index in [-0.39, 0.29) is 5.41 Å². The van der Waals surface area contributed by atoms with Crippen LogP contribution in [0.3, 0.4) is 0 Å². The Morgan fingerprint density at radius 3 is 1.77 bits per heavy atom. The van der Waals surface area contributed by atoms with Crippen LogP contribution in [0.1, 0.15) is 25.0 Å². The van der Waals surface area contributed by atoms with E-state index in [4.69, 9.17) is 19.4 Å². The van der Waals surface area contributed by atoms with Crippen molar-refractivity contribution in [2.45, 2.75) is 19.3 Å². The molecule has 0 fully saturated rings. The van der Waals surface area contributed by atoms with E-state index in [0.717, 1.165) is 55.1 Å². The van der Waals surface area contributed by atoms with Crippen LogP contribution in [0.2, 0.25) is 0 Å². The molecule has 0 unspecified atom stereocenters. The highest BCUT2D eigenvalue weighted by Gasteiger charge is 2.36. The van der Waals surface area contributed by atoms with Crippen LogP contribution in [0.4, 0.5) is 0 Å². The highest BCUT2D eigenvalue weighted by Crippen LogP contribution is 2.52. The number of fused-ring (bicyclic) bond motifs is 12. The van der Waals surface area contributed by atoms with Crippen LogP contribution in [-0.4, -0.2) is 15.0 Å². The Morgan fingerprint density at radius 1 is 0.364 bits per heavy atom. The first-order chi connectivity index (χ1) is 32.4. The van der Waals surface area contributed by atoms with Crippen molar-refractivity contribution in [2.24, 2.45) is 0 Å². The molecule has 4 nitrogen and oxygen atoms in total. The van der Waals surface area contributed by atoms with Crippen molar-refractivity contribution in [3.05, 3.63) is 199 Å². The molecule has 1 aliphatic rings. The molecule has 4 heterocycles. The number of nitrogens with zero attached hydrogens (tertiary/aromatic N) is 3. The number of hydrogen-bond donors (Lipinski definition) is 0. The third-order valence-corrected chi connectivity index (χ3v) is 16.1. The molecule has 0 bridgehead atoms. The van der Waals surface area contributed by atoms with Crippen LogP contribution in [0.25, 0.3) is 130 Å². The van der Waals surface area contributed by atoms with Crippen molar-refractivity contribution in [1.82, 2.24) is 15.0 Å². The summed E-state index contributed by atoms with van der Waals surface area (Å²) in [5.74, 6) is 1.87. The van der Waals surface area contributed by atoms with Gasteiger partial charge >= 0.3 is 0 Å². The van der Waals surface area contributed by atoms with Gasteiger partial charge in [-0.15, -0.1) is 22.7 Å². The molecule has 6 heteroatoms. The molecule has 0 amide bonds. The van der Waals surface area contributed by atoms with Crippen LogP contribution >= 0.6 is 22.7 Å². The minimum atomic E-state index is -0.0470. The molecule has 9 aromatic carbocycles. The van der Waals surface area contributed by atoms with Crippen LogP contribution in [-0.2, 0) is 5.41 Å². The van der Waals surface area contributed by atoms with Crippen molar-refractivity contribution in [2.75, 3.05) is 0 Å². The smallest absolute Gasteiger partial charge is 0.164 e. The zero-order chi connectivity index (χ0) is 43.7. The normalized spacial score (nSPS) is 13.1. The number of aromatic nitrogens is 3. The second-order valence-electron chi connectivity index (χ2n) is 17.9. The van der Waals surface area contributed by atoms with Gasteiger partial charge in [0, 0.05) is 73.2 Å². The first-order valence-electron chi connectivity index (χ1n) is 22.3. The highest BCUT2D eigenvalue weighted by molar-refractivity contribution is 7.26. The molecule has 0 N–H and O–H groups in total. The van der Waals surface area contributed by atoms with Crippen molar-refractivity contribution in [1.29, 1.82) is 0 Å². The molecule has 13 aromatic rings. The van der Waals surface area contributed by atoms with E-state index in [0.29, 0.717) is 17.5 Å². The fraction of sp³-hybridized carbons (Fsp3) is 0.0500. The van der Waals surface area contributed by atoms with Gasteiger partial charge in [-0.2, -0.15) is 0 Å². The maximum Gasteiger partial charge on any atom is 0.164 e. The molecule has 0 radical (unpaired) electrons. The quantitative estimate of drug-likeness (QED) is 0.173. The average molecular weight is 880 g/mol. The van der Waals surface area contributed by atoms with Crippen molar-refractivity contribution in [3.63, 3.8) is 0 Å². The van der Waals surface area contributed by atoms with Gasteiger partial charge in [-0.3, -0.25) is 0 Å². The van der Waals surface area contributed by atoms with Gasteiger partial charge in [0.1, 0.15) is 11.2 Å². The molecule has 0 spiro atoms. The number of thiophene rings is 2. The Balaban J connectivity index is 0.929. The molecule has 1 aliphatic carbocycles. The Labute approximate surface area is 388 Å². The molecule has 0 aliphatic heterocycles. The van der Waals surface area contributed by atoms with E-state index in [1.807, 2.05) is 23.5 Å². The lowest BCUT2D eigenvalue weighted by Crippen LogP contribution is -2.14. The molecule has 0 saturated carbocycles. The highest BCUT2D eigenvalue weighted by atomic mass is 32.1. The van der Waals surface area contributed by atoms with Gasteiger partial charge in [0.15, 0.2) is 17.5 Å². The number of benzene rings is 9. The Kier molecular flexibility index (Phi) is 8.04. The maximum atomic E-state index is 6.61. The third-order valence-electron chi connectivity index (χ3n) is 13.8. The second-order valence-corrected chi connectivity index (χ2v) is 20.0. The molecule has 4 aromatic heterocycles. The Bertz CT molecular complexity index is 4150. The number of rotatable bonds is 5. The summed E-state index contributed by atoms with van der Waals surface area (Å²) in [6.07, 6.45) is 0. The summed E-state index contributed by atoms with van der Waals surface area (Å²) in [5.41, 5.74) is 14.5. The molecule has 14 rings (SSSR count). The standard InChI is InChI=1S/C60H37N3OS2/c1-60(2)46-18-6-3-13-40(46)54-38(15-9-19-47(54)60)35-26-24-34(25-27-35)36-28-30-48-45(32-36)55-42(16-10-20-49(55)64-48)58-61-57(37-29-31-52-44(33-37)39-12-4-7-21-50(39)65-52)62-59(63-58)43-17-11-23-53-56(43)41-14-5-8-22-51(41)66-53/h3-33H,1-2H3. The Morgan fingerprint density at radius 2 is 0.924 bits per heavy atom. The molecule has 0 atom stereocenters. The molecule has 66 heavy (non-hydrogen) atoms. The van der Waals surface area contributed by atoms with E-state index < -0.39 is 0 Å². The van der Waals surface area contributed by atoms with Crippen LogP contribution in [0.5, 0.6) is 0 Å². The van der Waals surface area contributed by atoms with Crippen LogP contribution < -0.4 is 0 Å². The lowest BCUT2D eigenvalue weighted by molar-refractivity contribution is 0.660. The van der Waals surface area contributed by atoms with Gasteiger partial charge in [0.25, 0.3) is 0 Å². The summed E-state index contributed by atoms with van der Waals surface area (Å²) in [6, 6.07) is 67.6. The van der Waals surface area contributed by atoms with E-state index in [1.54, 1.807) is 11.3 Å². The van der Waals surface area contributed by atoms with Gasteiger partial charge in [-0.05, 0) is 99.1 Å². The summed E-state index contributed by atoms with van der Waals surface area (Å²) >= 11 is 3.61. The van der Waals surface area contributed by atoms with E-state index in [2.05, 4.69) is 190 Å². The predicted molar refractivity (Wildman–Crippen MR) is 278 cm³/mol. The van der Waals surface area contributed by atoms with Gasteiger partial charge in [-0.25, -0.2) is 15.0 Å². The lowest BCUT2D eigenvalue weighted by Gasteiger charge is -2.21. The third kappa shape index (κ3) is 5.59. The zero-order valence-electron chi connectivity index (χ0n) is 36.0. The van der Waals surface area contributed by atoms with Gasteiger partial charge < -0.3 is 4.42 Å². The monoisotopic (exact) mass is 879 g/mol. The fourth-order valence-corrected chi connectivity index (χ4v) is 12.8. The first-order valence-corrected chi connectivity index (χ1v) is 24.0. The van der Waals surface area contributed by atoms with E-state index in [1.165, 1.54) is 68.3 Å². The van der Waals surface area contributed by atoms with Gasteiger partial charge in [-0.1, -0.05) is 147 Å². The molecular weight excluding hydrogens is 843 g/mol. The number of hydrogen-bond acceptors (Lipinski definition) is 6. The molecule has 310 valence electrons. The summed E-state index contributed by atoms with van der Waals surface area (Å²) < 4.78 is 11.6.